The highest BCUT2D eigenvalue weighted by atomic mass is 32.2. The van der Waals surface area contributed by atoms with Gasteiger partial charge in [0.2, 0.25) is 11.8 Å². The van der Waals surface area contributed by atoms with E-state index in [1.165, 1.54) is 38.5 Å². The maximum absolute atomic E-state index is 12.7. The van der Waals surface area contributed by atoms with Gasteiger partial charge in [-0.2, -0.15) is 0 Å². The SMILES string of the molecule is COc1ccc(NS(=O)(=O)c2ccc3c(c2)NC(=O)CC(=O)N3)c(OC)c1. The van der Waals surface area contributed by atoms with E-state index in [2.05, 4.69) is 15.4 Å². The summed E-state index contributed by atoms with van der Waals surface area (Å²) in [6.45, 7) is 0. The number of hydrogen-bond donors (Lipinski definition) is 3. The highest BCUT2D eigenvalue weighted by molar-refractivity contribution is 7.92. The van der Waals surface area contributed by atoms with Crippen LogP contribution in [-0.4, -0.2) is 34.5 Å². The number of nitrogens with one attached hydrogen (secondary N) is 3. The maximum atomic E-state index is 12.7. The number of methoxy groups -OCH3 is 2. The minimum Gasteiger partial charge on any atom is -0.497 e. The van der Waals surface area contributed by atoms with Crippen molar-refractivity contribution in [2.75, 3.05) is 29.6 Å². The highest BCUT2D eigenvalue weighted by Gasteiger charge is 2.22. The van der Waals surface area contributed by atoms with Crippen LogP contribution < -0.4 is 24.8 Å². The zero-order chi connectivity index (χ0) is 19.6. The van der Waals surface area contributed by atoms with Crippen LogP contribution in [0.4, 0.5) is 17.1 Å². The molecule has 3 N–H and O–H groups in total. The van der Waals surface area contributed by atoms with E-state index in [1.54, 1.807) is 12.1 Å². The predicted octanol–water partition coefficient (Wildman–Crippen LogP) is 1.79. The molecule has 0 radical (unpaired) electrons. The molecule has 142 valence electrons. The van der Waals surface area contributed by atoms with E-state index in [1.807, 2.05) is 0 Å². The van der Waals surface area contributed by atoms with Crippen LogP contribution >= 0.6 is 0 Å². The summed E-state index contributed by atoms with van der Waals surface area (Å²) < 4.78 is 38.2. The first-order valence-corrected chi connectivity index (χ1v) is 9.29. The molecule has 0 unspecified atom stereocenters. The molecular formula is C17H17N3O6S. The zero-order valence-corrected chi connectivity index (χ0v) is 15.3. The Morgan fingerprint density at radius 1 is 0.926 bits per heavy atom. The van der Waals surface area contributed by atoms with Crippen LogP contribution in [0.25, 0.3) is 0 Å². The largest absolute Gasteiger partial charge is 0.497 e. The topological polar surface area (TPSA) is 123 Å². The normalized spacial score (nSPS) is 13.7. The second-order valence-electron chi connectivity index (χ2n) is 5.65. The van der Waals surface area contributed by atoms with Gasteiger partial charge in [0, 0.05) is 6.07 Å². The molecule has 0 atom stereocenters. The molecule has 9 nitrogen and oxygen atoms in total. The lowest BCUT2D eigenvalue weighted by Crippen LogP contribution is -2.16. The van der Waals surface area contributed by atoms with Crippen molar-refractivity contribution in [2.45, 2.75) is 11.3 Å². The van der Waals surface area contributed by atoms with E-state index in [4.69, 9.17) is 9.47 Å². The van der Waals surface area contributed by atoms with Crippen molar-refractivity contribution in [1.82, 2.24) is 0 Å². The molecule has 0 aliphatic carbocycles. The lowest BCUT2D eigenvalue weighted by molar-refractivity contribution is -0.123. The van der Waals surface area contributed by atoms with Crippen molar-refractivity contribution in [1.29, 1.82) is 0 Å². The Labute approximate surface area is 155 Å². The fourth-order valence-electron chi connectivity index (χ4n) is 2.52. The number of rotatable bonds is 5. The molecule has 10 heteroatoms. The molecule has 0 spiro atoms. The summed E-state index contributed by atoms with van der Waals surface area (Å²) in [5.74, 6) is -0.194. The number of benzene rings is 2. The summed E-state index contributed by atoms with van der Waals surface area (Å²) in [6.07, 6.45) is -0.335. The van der Waals surface area contributed by atoms with E-state index in [0.717, 1.165) is 0 Å². The second kappa shape index (κ2) is 7.16. The number of carbonyl (C=O) groups is 2. The third-order valence-corrected chi connectivity index (χ3v) is 5.19. The van der Waals surface area contributed by atoms with Crippen LogP contribution in [-0.2, 0) is 19.6 Å². The fourth-order valence-corrected chi connectivity index (χ4v) is 3.62. The van der Waals surface area contributed by atoms with Gasteiger partial charge < -0.3 is 20.1 Å². The van der Waals surface area contributed by atoms with E-state index in [0.29, 0.717) is 11.4 Å². The lowest BCUT2D eigenvalue weighted by Gasteiger charge is -2.14. The molecule has 2 amide bonds. The van der Waals surface area contributed by atoms with Gasteiger partial charge in [-0.25, -0.2) is 8.42 Å². The van der Waals surface area contributed by atoms with Crippen LogP contribution in [0, 0.1) is 0 Å². The molecule has 2 aromatic rings. The Balaban J connectivity index is 1.94. The minimum atomic E-state index is -3.98. The molecule has 0 saturated heterocycles. The van der Waals surface area contributed by atoms with Gasteiger partial charge >= 0.3 is 0 Å². The quantitative estimate of drug-likeness (QED) is 0.668. The van der Waals surface area contributed by atoms with Gasteiger partial charge in [-0.15, -0.1) is 0 Å². The Kier molecular flexibility index (Phi) is 4.91. The molecule has 1 aliphatic rings. The van der Waals surface area contributed by atoms with E-state index < -0.39 is 21.8 Å². The monoisotopic (exact) mass is 391 g/mol. The van der Waals surface area contributed by atoms with Gasteiger partial charge in [0.1, 0.15) is 17.9 Å². The summed E-state index contributed by atoms with van der Waals surface area (Å²) in [4.78, 5) is 23.2. The first-order chi connectivity index (χ1) is 12.8. The van der Waals surface area contributed by atoms with Crippen LogP contribution in [0.5, 0.6) is 11.5 Å². The van der Waals surface area contributed by atoms with E-state index >= 15 is 0 Å². The van der Waals surface area contributed by atoms with Crippen molar-refractivity contribution in [3.63, 3.8) is 0 Å². The van der Waals surface area contributed by atoms with Gasteiger partial charge in [-0.05, 0) is 30.3 Å². The number of carbonyl (C=O) groups excluding carboxylic acids is 2. The van der Waals surface area contributed by atoms with Crippen LogP contribution in [0.1, 0.15) is 6.42 Å². The average molecular weight is 391 g/mol. The zero-order valence-electron chi connectivity index (χ0n) is 14.5. The molecule has 1 heterocycles. The highest BCUT2D eigenvalue weighted by Crippen LogP contribution is 2.32. The number of amides is 2. The average Bonchev–Trinajstić information content (AvgIpc) is 2.77. The molecule has 27 heavy (non-hydrogen) atoms. The lowest BCUT2D eigenvalue weighted by atomic mass is 10.2. The predicted molar refractivity (Wildman–Crippen MR) is 98.7 cm³/mol. The van der Waals surface area contributed by atoms with Crippen LogP contribution in [0.15, 0.2) is 41.3 Å². The molecule has 0 saturated carbocycles. The first kappa shape index (κ1) is 18.5. The third kappa shape index (κ3) is 3.95. The summed E-state index contributed by atoms with van der Waals surface area (Å²) in [6, 6.07) is 8.67. The second-order valence-corrected chi connectivity index (χ2v) is 7.33. The van der Waals surface area contributed by atoms with Crippen molar-refractivity contribution >= 4 is 38.9 Å². The number of sulfonamides is 1. The standard InChI is InChI=1S/C17H17N3O6S/c1-25-10-3-5-13(15(7-10)26-2)20-27(23,24)11-4-6-12-14(8-11)19-17(22)9-16(21)18-12/h3-8,20H,9H2,1-2H3,(H,18,21)(H,19,22). The third-order valence-electron chi connectivity index (χ3n) is 3.82. The van der Waals surface area contributed by atoms with E-state index in [-0.39, 0.29) is 28.4 Å². The Bertz CT molecular complexity index is 1020. The minimum absolute atomic E-state index is 0.0874. The molecule has 1 aliphatic heterocycles. The van der Waals surface area contributed by atoms with Crippen LogP contribution in [0.3, 0.4) is 0 Å². The summed E-state index contributed by atoms with van der Waals surface area (Å²) in [5.41, 5.74) is 0.757. The van der Waals surface area contributed by atoms with E-state index in [9.17, 15) is 18.0 Å². The molecule has 2 aromatic carbocycles. The summed E-state index contributed by atoms with van der Waals surface area (Å²) in [7, 11) is -1.08. The number of anilines is 3. The summed E-state index contributed by atoms with van der Waals surface area (Å²) in [5, 5.41) is 5.05. The number of hydrogen-bond acceptors (Lipinski definition) is 6. The maximum Gasteiger partial charge on any atom is 0.262 e. The van der Waals surface area contributed by atoms with Gasteiger partial charge in [0.15, 0.2) is 0 Å². The summed E-state index contributed by atoms with van der Waals surface area (Å²) >= 11 is 0. The van der Waals surface area contributed by atoms with Gasteiger partial charge in [0.25, 0.3) is 10.0 Å². The molecule has 3 rings (SSSR count). The first-order valence-electron chi connectivity index (χ1n) is 7.81. The Hall–Kier alpha value is -3.27. The van der Waals surface area contributed by atoms with Gasteiger partial charge in [-0.3, -0.25) is 14.3 Å². The molecule has 0 aromatic heterocycles. The smallest absolute Gasteiger partial charge is 0.262 e. The Morgan fingerprint density at radius 3 is 2.30 bits per heavy atom. The number of fused-ring (bicyclic) bond motifs is 1. The molecule has 0 bridgehead atoms. The van der Waals surface area contributed by atoms with Crippen molar-refractivity contribution in [3.8, 4) is 11.5 Å². The van der Waals surface area contributed by atoms with Crippen molar-refractivity contribution in [2.24, 2.45) is 0 Å². The van der Waals surface area contributed by atoms with Gasteiger partial charge in [0.05, 0.1) is 36.2 Å². The molecule has 0 fully saturated rings. The Morgan fingerprint density at radius 2 is 1.63 bits per heavy atom. The molecular weight excluding hydrogens is 374 g/mol. The van der Waals surface area contributed by atoms with Gasteiger partial charge in [-0.1, -0.05) is 0 Å². The van der Waals surface area contributed by atoms with Crippen molar-refractivity contribution < 1.29 is 27.5 Å². The number of ether oxygens (including phenoxy) is 2. The van der Waals surface area contributed by atoms with Crippen LogP contribution in [0.2, 0.25) is 0 Å². The van der Waals surface area contributed by atoms with Crippen molar-refractivity contribution in [3.05, 3.63) is 36.4 Å². The fraction of sp³-hybridized carbons (Fsp3) is 0.176.